The number of ether oxygens (including phenoxy) is 1. The van der Waals surface area contributed by atoms with Gasteiger partial charge in [-0.3, -0.25) is 4.79 Å². The van der Waals surface area contributed by atoms with Gasteiger partial charge in [0.2, 0.25) is 5.91 Å². The first-order chi connectivity index (χ1) is 14.4. The van der Waals surface area contributed by atoms with E-state index >= 15 is 0 Å². The van der Waals surface area contributed by atoms with Gasteiger partial charge in [0.25, 0.3) is 0 Å². The number of carbonyl (C=O) groups is 2. The lowest BCUT2D eigenvalue weighted by molar-refractivity contribution is -0.121. The monoisotopic (exact) mass is 417 g/mol. The molecule has 2 saturated heterocycles. The number of pyridine rings is 1. The molecule has 3 rings (SSSR count). The Kier molecular flexibility index (Phi) is 7.53. The van der Waals surface area contributed by atoms with Crippen molar-refractivity contribution in [3.8, 4) is 0 Å². The number of rotatable bonds is 5. The number of nitrogens with zero attached hydrogens (tertiary/aromatic N) is 4. The molecule has 1 aromatic rings. The number of amides is 3. The van der Waals surface area contributed by atoms with E-state index in [0.29, 0.717) is 44.7 Å². The number of urea groups is 1. The minimum Gasteiger partial charge on any atom is -0.372 e. The molecule has 2 aliphatic heterocycles. The summed E-state index contributed by atoms with van der Waals surface area (Å²) in [6.07, 6.45) is 3.45. The average molecular weight is 418 g/mol. The number of hydrogen-bond acceptors (Lipinski definition) is 5. The van der Waals surface area contributed by atoms with Crippen molar-refractivity contribution in [3.05, 3.63) is 18.3 Å². The lowest BCUT2D eigenvalue weighted by Crippen LogP contribution is -2.47. The largest absolute Gasteiger partial charge is 0.372 e. The van der Waals surface area contributed by atoms with Crippen LogP contribution in [-0.4, -0.2) is 78.2 Å². The molecule has 0 aliphatic carbocycles. The molecule has 2 unspecified atom stereocenters. The molecule has 0 bridgehead atoms. The number of hydrogen-bond donors (Lipinski definition) is 1. The lowest BCUT2D eigenvalue weighted by atomic mass is 9.96. The number of likely N-dealkylation sites (tertiary alicyclic amines) is 1. The summed E-state index contributed by atoms with van der Waals surface area (Å²) in [5.74, 6) is 0.831. The molecule has 0 saturated carbocycles. The Hall–Kier alpha value is -2.35. The minimum atomic E-state index is -0.0774. The van der Waals surface area contributed by atoms with Gasteiger partial charge in [-0.2, -0.15) is 0 Å². The van der Waals surface area contributed by atoms with Gasteiger partial charge in [-0.05, 0) is 52.7 Å². The average Bonchev–Trinajstić information content (AvgIpc) is 2.74. The third kappa shape index (κ3) is 5.41. The predicted octanol–water partition coefficient (Wildman–Crippen LogP) is 2.81. The van der Waals surface area contributed by atoms with Crippen LogP contribution in [0.15, 0.2) is 18.3 Å². The van der Waals surface area contributed by atoms with Crippen molar-refractivity contribution in [2.24, 2.45) is 5.92 Å². The highest BCUT2D eigenvalue weighted by atomic mass is 16.5. The molecule has 1 aromatic heterocycles. The number of nitrogens with one attached hydrogen (secondary N) is 1. The summed E-state index contributed by atoms with van der Waals surface area (Å²) >= 11 is 0. The van der Waals surface area contributed by atoms with E-state index in [4.69, 9.17) is 4.74 Å². The Morgan fingerprint density at radius 3 is 2.30 bits per heavy atom. The first-order valence-corrected chi connectivity index (χ1v) is 11.1. The normalized spacial score (nSPS) is 22.7. The molecule has 8 nitrogen and oxygen atoms in total. The first-order valence-electron chi connectivity index (χ1n) is 11.1. The van der Waals surface area contributed by atoms with Gasteiger partial charge in [-0.15, -0.1) is 0 Å². The third-order valence-electron chi connectivity index (χ3n) is 5.93. The number of aromatic nitrogens is 1. The lowest BCUT2D eigenvalue weighted by Gasteiger charge is -2.36. The molecule has 166 valence electrons. The topological polar surface area (TPSA) is 78.0 Å². The van der Waals surface area contributed by atoms with E-state index in [0.717, 1.165) is 18.9 Å². The van der Waals surface area contributed by atoms with E-state index in [1.165, 1.54) is 0 Å². The number of anilines is 2. The molecular formula is C22H35N5O3. The van der Waals surface area contributed by atoms with Gasteiger partial charge in [0.15, 0.2) is 0 Å². The molecular weight excluding hydrogens is 382 g/mol. The molecule has 0 aromatic carbocycles. The van der Waals surface area contributed by atoms with Gasteiger partial charge in [0.1, 0.15) is 5.82 Å². The van der Waals surface area contributed by atoms with E-state index in [9.17, 15) is 9.59 Å². The van der Waals surface area contributed by atoms with Gasteiger partial charge in [0.05, 0.1) is 24.1 Å². The number of piperidine rings is 1. The van der Waals surface area contributed by atoms with Crippen molar-refractivity contribution >= 4 is 23.4 Å². The van der Waals surface area contributed by atoms with E-state index in [-0.39, 0.29) is 30.1 Å². The van der Waals surface area contributed by atoms with Gasteiger partial charge >= 0.3 is 6.03 Å². The van der Waals surface area contributed by atoms with Crippen molar-refractivity contribution < 1.29 is 14.3 Å². The highest BCUT2D eigenvalue weighted by Crippen LogP contribution is 2.22. The van der Waals surface area contributed by atoms with Crippen LogP contribution in [-0.2, 0) is 9.53 Å². The van der Waals surface area contributed by atoms with Crippen LogP contribution in [0.4, 0.5) is 16.3 Å². The second-order valence-electron chi connectivity index (χ2n) is 8.27. The molecule has 30 heavy (non-hydrogen) atoms. The van der Waals surface area contributed by atoms with E-state index in [1.807, 2.05) is 35.8 Å². The molecule has 2 fully saturated rings. The second kappa shape index (κ2) is 10.1. The standard InChI is InChI=1S/C22H35N5O3/c1-5-25(6-2)22(29)26-11-9-18(10-12-26)21(28)24-19-7-8-20(23-13-19)27-14-16(3)30-17(4)15-27/h7-8,13,16-18H,5-6,9-12,14-15H2,1-4H3,(H,24,28). The zero-order valence-electron chi connectivity index (χ0n) is 18.6. The zero-order valence-corrected chi connectivity index (χ0v) is 18.6. The van der Waals surface area contributed by atoms with Gasteiger partial charge in [-0.25, -0.2) is 9.78 Å². The smallest absolute Gasteiger partial charge is 0.319 e. The molecule has 3 heterocycles. The Labute approximate surface area is 179 Å². The summed E-state index contributed by atoms with van der Waals surface area (Å²) in [6, 6.07) is 3.93. The highest BCUT2D eigenvalue weighted by Gasteiger charge is 2.29. The molecule has 2 atom stereocenters. The Bertz CT molecular complexity index is 704. The van der Waals surface area contributed by atoms with Crippen LogP contribution in [0.2, 0.25) is 0 Å². The van der Waals surface area contributed by atoms with Crippen molar-refractivity contribution in [1.29, 1.82) is 0 Å². The number of carbonyl (C=O) groups excluding carboxylic acids is 2. The van der Waals surface area contributed by atoms with E-state index in [1.54, 1.807) is 6.20 Å². The predicted molar refractivity (Wildman–Crippen MR) is 118 cm³/mol. The maximum atomic E-state index is 12.7. The summed E-state index contributed by atoms with van der Waals surface area (Å²) in [7, 11) is 0. The van der Waals surface area contributed by atoms with Crippen LogP contribution in [0, 0.1) is 5.92 Å². The quantitative estimate of drug-likeness (QED) is 0.797. The molecule has 0 spiro atoms. The molecule has 2 aliphatic rings. The van der Waals surface area contributed by atoms with Gasteiger partial charge < -0.3 is 24.8 Å². The molecule has 3 amide bonds. The van der Waals surface area contributed by atoms with Crippen molar-refractivity contribution in [2.75, 3.05) is 49.5 Å². The SMILES string of the molecule is CCN(CC)C(=O)N1CCC(C(=O)Nc2ccc(N3CC(C)OC(C)C3)nc2)CC1. The summed E-state index contributed by atoms with van der Waals surface area (Å²) in [6.45, 7) is 12.4. The Morgan fingerprint density at radius 1 is 1.13 bits per heavy atom. The Balaban J connectivity index is 1.50. The van der Waals surface area contributed by atoms with Crippen molar-refractivity contribution in [2.45, 2.75) is 52.7 Å². The van der Waals surface area contributed by atoms with Crippen LogP contribution >= 0.6 is 0 Å². The van der Waals surface area contributed by atoms with Crippen molar-refractivity contribution in [3.63, 3.8) is 0 Å². The number of morpholine rings is 1. The Morgan fingerprint density at radius 2 is 1.77 bits per heavy atom. The van der Waals surface area contributed by atoms with E-state index < -0.39 is 0 Å². The summed E-state index contributed by atoms with van der Waals surface area (Å²) in [4.78, 5) is 35.6. The van der Waals surface area contributed by atoms with Crippen molar-refractivity contribution in [1.82, 2.24) is 14.8 Å². The first kappa shape index (κ1) is 22.3. The second-order valence-corrected chi connectivity index (χ2v) is 8.27. The molecule has 8 heteroatoms. The summed E-state index contributed by atoms with van der Waals surface area (Å²) in [5, 5.41) is 2.99. The van der Waals surface area contributed by atoms with Crippen LogP contribution in [0.1, 0.15) is 40.5 Å². The van der Waals surface area contributed by atoms with Crippen LogP contribution in [0.25, 0.3) is 0 Å². The van der Waals surface area contributed by atoms with Crippen LogP contribution in [0.5, 0.6) is 0 Å². The maximum Gasteiger partial charge on any atom is 0.319 e. The summed E-state index contributed by atoms with van der Waals surface area (Å²) in [5.41, 5.74) is 0.708. The minimum absolute atomic E-state index is 0.00750. The van der Waals surface area contributed by atoms with E-state index in [2.05, 4.69) is 29.0 Å². The van der Waals surface area contributed by atoms with Crippen LogP contribution in [0.3, 0.4) is 0 Å². The third-order valence-corrected chi connectivity index (χ3v) is 5.93. The van der Waals surface area contributed by atoms with Crippen LogP contribution < -0.4 is 10.2 Å². The highest BCUT2D eigenvalue weighted by molar-refractivity contribution is 5.92. The fourth-order valence-corrected chi connectivity index (χ4v) is 4.28. The maximum absolute atomic E-state index is 12.7. The molecule has 1 N–H and O–H groups in total. The van der Waals surface area contributed by atoms with Gasteiger partial charge in [0, 0.05) is 45.2 Å². The summed E-state index contributed by atoms with van der Waals surface area (Å²) < 4.78 is 5.78. The zero-order chi connectivity index (χ0) is 21.7. The van der Waals surface area contributed by atoms with Gasteiger partial charge in [-0.1, -0.05) is 0 Å². The molecule has 0 radical (unpaired) electrons. The fraction of sp³-hybridized carbons (Fsp3) is 0.682. The fourth-order valence-electron chi connectivity index (χ4n) is 4.28.